The third-order valence-electron chi connectivity index (χ3n) is 3.69. The Kier molecular flexibility index (Phi) is 5.58. The van der Waals surface area contributed by atoms with Crippen molar-refractivity contribution in [1.29, 1.82) is 0 Å². The molecule has 0 radical (unpaired) electrons. The Bertz CT molecular complexity index is 756. The van der Waals surface area contributed by atoms with Crippen LogP contribution in [0.2, 0.25) is 0 Å². The van der Waals surface area contributed by atoms with E-state index in [2.05, 4.69) is 5.32 Å². The van der Waals surface area contributed by atoms with Gasteiger partial charge in [-0.25, -0.2) is 0 Å². The van der Waals surface area contributed by atoms with E-state index in [1.165, 1.54) is 11.8 Å². The molecule has 2 aromatic rings. The summed E-state index contributed by atoms with van der Waals surface area (Å²) in [6, 6.07) is 12.9. The molecule has 0 aliphatic rings. The normalized spacial score (nSPS) is 10.2. The predicted molar refractivity (Wildman–Crippen MR) is 95.6 cm³/mol. The van der Waals surface area contributed by atoms with Gasteiger partial charge in [0.15, 0.2) is 0 Å². The van der Waals surface area contributed by atoms with Crippen molar-refractivity contribution in [1.82, 2.24) is 0 Å². The van der Waals surface area contributed by atoms with E-state index in [0.29, 0.717) is 11.4 Å². The summed E-state index contributed by atoms with van der Waals surface area (Å²) in [6.07, 6.45) is 0. The quantitative estimate of drug-likeness (QED) is 0.917. The molecule has 5 nitrogen and oxygen atoms in total. The van der Waals surface area contributed by atoms with Gasteiger partial charge in [0.1, 0.15) is 12.3 Å². The predicted octanol–water partition coefficient (Wildman–Crippen LogP) is 3.30. The second-order valence-electron chi connectivity index (χ2n) is 5.68. The summed E-state index contributed by atoms with van der Waals surface area (Å²) in [5.41, 5.74) is 3.37. The highest BCUT2D eigenvalue weighted by atomic mass is 16.5. The number of methoxy groups -OCH3 is 1. The Balaban J connectivity index is 2.17. The van der Waals surface area contributed by atoms with Crippen LogP contribution in [0.5, 0.6) is 5.75 Å². The largest absolute Gasteiger partial charge is 0.497 e. The molecular formula is C19H22N2O3. The van der Waals surface area contributed by atoms with Gasteiger partial charge in [0.05, 0.1) is 7.11 Å². The van der Waals surface area contributed by atoms with E-state index >= 15 is 0 Å². The SMILES string of the molecule is COc1cccc(NC(=O)CN(C(C)=O)c2cc(C)ccc2C)c1. The zero-order chi connectivity index (χ0) is 17.7. The first-order chi connectivity index (χ1) is 11.4. The highest BCUT2D eigenvalue weighted by Crippen LogP contribution is 2.22. The van der Waals surface area contributed by atoms with Gasteiger partial charge >= 0.3 is 0 Å². The monoisotopic (exact) mass is 326 g/mol. The van der Waals surface area contributed by atoms with Gasteiger partial charge in [-0.15, -0.1) is 0 Å². The summed E-state index contributed by atoms with van der Waals surface area (Å²) in [7, 11) is 1.57. The number of aryl methyl sites for hydroxylation is 2. The molecule has 2 rings (SSSR count). The first kappa shape index (κ1) is 17.5. The second-order valence-corrected chi connectivity index (χ2v) is 5.68. The van der Waals surface area contributed by atoms with Gasteiger partial charge in [-0.2, -0.15) is 0 Å². The van der Waals surface area contributed by atoms with Crippen molar-refractivity contribution < 1.29 is 14.3 Å². The average Bonchev–Trinajstić information content (AvgIpc) is 2.55. The minimum absolute atomic E-state index is 0.0448. The Morgan fingerprint density at radius 3 is 2.54 bits per heavy atom. The molecule has 0 aliphatic heterocycles. The van der Waals surface area contributed by atoms with Crippen LogP contribution in [-0.4, -0.2) is 25.5 Å². The molecule has 0 spiro atoms. The fourth-order valence-electron chi connectivity index (χ4n) is 2.42. The maximum Gasteiger partial charge on any atom is 0.244 e. The van der Waals surface area contributed by atoms with Crippen LogP contribution in [-0.2, 0) is 9.59 Å². The third kappa shape index (κ3) is 4.35. The molecule has 5 heteroatoms. The van der Waals surface area contributed by atoms with E-state index in [1.54, 1.807) is 31.4 Å². The number of nitrogens with one attached hydrogen (secondary N) is 1. The Morgan fingerprint density at radius 2 is 1.88 bits per heavy atom. The minimum atomic E-state index is -0.264. The number of hydrogen-bond donors (Lipinski definition) is 1. The molecule has 126 valence electrons. The molecular weight excluding hydrogens is 304 g/mol. The second kappa shape index (κ2) is 7.64. The van der Waals surface area contributed by atoms with Gasteiger partial charge in [0, 0.05) is 24.4 Å². The molecule has 1 N–H and O–H groups in total. The summed E-state index contributed by atoms with van der Waals surface area (Å²) < 4.78 is 5.14. The first-order valence-corrected chi connectivity index (χ1v) is 7.70. The number of carbonyl (C=O) groups is 2. The molecule has 0 bridgehead atoms. The summed E-state index contributed by atoms with van der Waals surface area (Å²) in [5.74, 6) is 0.217. The molecule has 2 amide bonds. The van der Waals surface area contributed by atoms with Crippen molar-refractivity contribution >= 4 is 23.2 Å². The average molecular weight is 326 g/mol. The lowest BCUT2D eigenvalue weighted by molar-refractivity contribution is -0.120. The van der Waals surface area contributed by atoms with Gasteiger partial charge in [-0.3, -0.25) is 9.59 Å². The summed E-state index contributed by atoms with van der Waals surface area (Å²) in [5, 5.41) is 2.79. The lowest BCUT2D eigenvalue weighted by atomic mass is 10.1. The molecule has 0 aromatic heterocycles. The maximum absolute atomic E-state index is 12.4. The van der Waals surface area contributed by atoms with Crippen molar-refractivity contribution in [2.75, 3.05) is 23.9 Å². The van der Waals surface area contributed by atoms with Crippen LogP contribution < -0.4 is 15.0 Å². The van der Waals surface area contributed by atoms with E-state index in [1.807, 2.05) is 32.0 Å². The number of hydrogen-bond acceptors (Lipinski definition) is 3. The minimum Gasteiger partial charge on any atom is -0.497 e. The maximum atomic E-state index is 12.4. The number of carbonyl (C=O) groups excluding carboxylic acids is 2. The van der Waals surface area contributed by atoms with E-state index in [4.69, 9.17) is 4.74 Å². The molecule has 0 atom stereocenters. The Morgan fingerprint density at radius 1 is 1.12 bits per heavy atom. The van der Waals surface area contributed by atoms with Crippen LogP contribution in [0, 0.1) is 13.8 Å². The first-order valence-electron chi connectivity index (χ1n) is 7.70. The number of anilines is 2. The number of ether oxygens (including phenoxy) is 1. The van der Waals surface area contributed by atoms with Crippen LogP contribution in [0.1, 0.15) is 18.1 Å². The smallest absolute Gasteiger partial charge is 0.244 e. The molecule has 0 saturated heterocycles. The summed E-state index contributed by atoms with van der Waals surface area (Å²) >= 11 is 0. The summed E-state index contributed by atoms with van der Waals surface area (Å²) in [4.78, 5) is 25.9. The van der Waals surface area contributed by atoms with E-state index < -0.39 is 0 Å². The molecule has 0 heterocycles. The number of amides is 2. The van der Waals surface area contributed by atoms with Crippen molar-refractivity contribution in [2.24, 2.45) is 0 Å². The standard InChI is InChI=1S/C19H22N2O3/c1-13-8-9-14(2)18(10-13)21(15(3)22)12-19(23)20-16-6-5-7-17(11-16)24-4/h5-11H,12H2,1-4H3,(H,20,23). The van der Waals surface area contributed by atoms with E-state index in [0.717, 1.165) is 16.8 Å². The summed E-state index contributed by atoms with van der Waals surface area (Å²) in [6.45, 7) is 5.29. The highest BCUT2D eigenvalue weighted by Gasteiger charge is 2.18. The van der Waals surface area contributed by atoms with Crippen molar-refractivity contribution in [3.63, 3.8) is 0 Å². The lowest BCUT2D eigenvalue weighted by Crippen LogP contribution is -2.37. The fraction of sp³-hybridized carbons (Fsp3) is 0.263. The van der Waals surface area contributed by atoms with Crippen LogP contribution in [0.15, 0.2) is 42.5 Å². The Labute approximate surface area is 142 Å². The van der Waals surface area contributed by atoms with Gasteiger partial charge in [0.2, 0.25) is 11.8 Å². The number of nitrogens with zero attached hydrogens (tertiary/aromatic N) is 1. The third-order valence-corrected chi connectivity index (χ3v) is 3.69. The van der Waals surface area contributed by atoms with Crippen LogP contribution in [0.25, 0.3) is 0 Å². The van der Waals surface area contributed by atoms with Crippen LogP contribution in [0.3, 0.4) is 0 Å². The van der Waals surface area contributed by atoms with Crippen molar-refractivity contribution in [3.8, 4) is 5.75 Å². The molecule has 0 fully saturated rings. The molecule has 0 saturated carbocycles. The van der Waals surface area contributed by atoms with Gasteiger partial charge < -0.3 is 15.0 Å². The lowest BCUT2D eigenvalue weighted by Gasteiger charge is -2.23. The van der Waals surface area contributed by atoms with Crippen LogP contribution >= 0.6 is 0 Å². The van der Waals surface area contributed by atoms with Crippen molar-refractivity contribution in [3.05, 3.63) is 53.6 Å². The van der Waals surface area contributed by atoms with Gasteiger partial charge in [0.25, 0.3) is 0 Å². The highest BCUT2D eigenvalue weighted by molar-refractivity contribution is 6.02. The van der Waals surface area contributed by atoms with Gasteiger partial charge in [-0.05, 0) is 43.2 Å². The molecule has 24 heavy (non-hydrogen) atoms. The zero-order valence-electron chi connectivity index (χ0n) is 14.4. The van der Waals surface area contributed by atoms with Crippen molar-refractivity contribution in [2.45, 2.75) is 20.8 Å². The fourth-order valence-corrected chi connectivity index (χ4v) is 2.42. The number of benzene rings is 2. The van der Waals surface area contributed by atoms with E-state index in [9.17, 15) is 9.59 Å². The van der Waals surface area contributed by atoms with Gasteiger partial charge in [-0.1, -0.05) is 18.2 Å². The molecule has 2 aromatic carbocycles. The van der Waals surface area contributed by atoms with Crippen LogP contribution in [0.4, 0.5) is 11.4 Å². The molecule has 0 unspecified atom stereocenters. The van der Waals surface area contributed by atoms with E-state index in [-0.39, 0.29) is 18.4 Å². The zero-order valence-corrected chi connectivity index (χ0v) is 14.4. The Hall–Kier alpha value is -2.82. The number of rotatable bonds is 5. The topological polar surface area (TPSA) is 58.6 Å². The molecule has 0 aliphatic carbocycles.